The molecule has 0 radical (unpaired) electrons. The van der Waals surface area contributed by atoms with Gasteiger partial charge >= 0.3 is 0 Å². The number of hydrogen-bond donors (Lipinski definition) is 0. The highest BCUT2D eigenvalue weighted by Crippen LogP contribution is 2.23. The number of hydrogen-bond acceptors (Lipinski definition) is 4. The molecule has 0 saturated heterocycles. The van der Waals surface area contributed by atoms with Crippen LogP contribution in [0.1, 0.15) is 27.2 Å². The molecular formula is C24H23Cl2N3O3. The van der Waals surface area contributed by atoms with E-state index in [1.54, 1.807) is 49.1 Å². The van der Waals surface area contributed by atoms with Gasteiger partial charge in [-0.25, -0.2) is 4.68 Å². The zero-order valence-corrected chi connectivity index (χ0v) is 19.5. The standard InChI is InChI=1S/C24H23Cl2N3O3/c1-16-21(24(26)29(27-16)14-17-7-9-19(25)10-8-17)11-12-22(30)18-5-4-6-20(13-18)32-15-23(31)28(2)3/h4-13H,14-15H2,1-3H3. The van der Waals surface area contributed by atoms with Crippen molar-refractivity contribution in [1.29, 1.82) is 0 Å². The molecule has 0 fully saturated rings. The molecule has 1 amide bonds. The number of rotatable bonds is 8. The highest BCUT2D eigenvalue weighted by Gasteiger charge is 2.13. The second-order valence-corrected chi connectivity index (χ2v) is 8.17. The normalized spacial score (nSPS) is 11.0. The number of benzene rings is 2. The Balaban J connectivity index is 1.71. The fourth-order valence-corrected chi connectivity index (χ4v) is 3.32. The van der Waals surface area contributed by atoms with Gasteiger partial charge in [-0.2, -0.15) is 5.10 Å². The Morgan fingerprint density at radius 3 is 2.53 bits per heavy atom. The van der Waals surface area contributed by atoms with Gasteiger partial charge in [0, 0.05) is 30.2 Å². The largest absolute Gasteiger partial charge is 0.484 e. The lowest BCUT2D eigenvalue weighted by atomic mass is 10.1. The van der Waals surface area contributed by atoms with Crippen molar-refractivity contribution >= 4 is 41.0 Å². The Hall–Kier alpha value is -3.09. The Morgan fingerprint density at radius 1 is 1.12 bits per heavy atom. The maximum atomic E-state index is 12.7. The van der Waals surface area contributed by atoms with Crippen LogP contribution in [0, 0.1) is 6.92 Å². The molecule has 0 unspecified atom stereocenters. The first-order valence-electron chi connectivity index (χ1n) is 9.87. The van der Waals surface area contributed by atoms with Gasteiger partial charge in [-0.15, -0.1) is 0 Å². The first-order chi connectivity index (χ1) is 15.2. The van der Waals surface area contributed by atoms with E-state index in [2.05, 4.69) is 5.10 Å². The quantitative estimate of drug-likeness (QED) is 0.345. The van der Waals surface area contributed by atoms with Gasteiger partial charge < -0.3 is 9.64 Å². The van der Waals surface area contributed by atoms with Crippen molar-refractivity contribution in [2.24, 2.45) is 0 Å². The lowest BCUT2D eigenvalue weighted by Crippen LogP contribution is -2.27. The average molecular weight is 472 g/mol. The molecule has 0 bridgehead atoms. The summed E-state index contributed by atoms with van der Waals surface area (Å²) in [6, 6.07) is 14.2. The van der Waals surface area contributed by atoms with Gasteiger partial charge in [0.05, 0.1) is 12.2 Å². The van der Waals surface area contributed by atoms with E-state index in [0.29, 0.717) is 39.3 Å². The maximum Gasteiger partial charge on any atom is 0.259 e. The van der Waals surface area contributed by atoms with E-state index in [1.807, 2.05) is 31.2 Å². The molecule has 8 heteroatoms. The molecule has 0 saturated carbocycles. The molecule has 32 heavy (non-hydrogen) atoms. The SMILES string of the molecule is Cc1nn(Cc2ccc(Cl)cc2)c(Cl)c1C=CC(=O)c1cccc(OCC(=O)N(C)C)c1. The minimum atomic E-state index is -0.213. The van der Waals surface area contributed by atoms with Gasteiger partial charge in [0.2, 0.25) is 0 Å². The van der Waals surface area contributed by atoms with Crippen LogP contribution in [-0.4, -0.2) is 47.1 Å². The molecule has 0 spiro atoms. The third-order valence-corrected chi connectivity index (χ3v) is 5.39. The number of carbonyl (C=O) groups excluding carboxylic acids is 2. The van der Waals surface area contributed by atoms with Gasteiger partial charge in [0.1, 0.15) is 10.9 Å². The Labute approximate surface area is 197 Å². The molecular weight excluding hydrogens is 449 g/mol. The van der Waals surface area contributed by atoms with E-state index in [9.17, 15) is 9.59 Å². The zero-order chi connectivity index (χ0) is 23.3. The summed E-state index contributed by atoms with van der Waals surface area (Å²) in [5, 5.41) is 5.59. The van der Waals surface area contributed by atoms with E-state index < -0.39 is 0 Å². The molecule has 6 nitrogen and oxygen atoms in total. The van der Waals surface area contributed by atoms with Gasteiger partial charge in [-0.1, -0.05) is 47.5 Å². The van der Waals surface area contributed by atoms with Gasteiger partial charge in [0.15, 0.2) is 12.4 Å². The Bertz CT molecular complexity index is 1150. The van der Waals surface area contributed by atoms with Crippen molar-refractivity contribution in [2.45, 2.75) is 13.5 Å². The van der Waals surface area contributed by atoms with E-state index in [0.717, 1.165) is 5.56 Å². The summed E-state index contributed by atoms with van der Waals surface area (Å²) < 4.78 is 7.16. The summed E-state index contributed by atoms with van der Waals surface area (Å²) >= 11 is 12.5. The molecule has 1 aromatic heterocycles. The van der Waals surface area contributed by atoms with Crippen molar-refractivity contribution < 1.29 is 14.3 Å². The van der Waals surface area contributed by atoms with Gasteiger partial charge in [0.25, 0.3) is 5.91 Å². The summed E-state index contributed by atoms with van der Waals surface area (Å²) in [7, 11) is 3.31. The van der Waals surface area contributed by atoms with Crippen LogP contribution in [0.5, 0.6) is 5.75 Å². The number of carbonyl (C=O) groups is 2. The van der Waals surface area contributed by atoms with E-state index in [4.69, 9.17) is 27.9 Å². The van der Waals surface area contributed by atoms with Gasteiger partial charge in [-0.3, -0.25) is 9.59 Å². The third-order valence-electron chi connectivity index (χ3n) is 4.74. The van der Waals surface area contributed by atoms with Crippen LogP contribution in [0.4, 0.5) is 0 Å². The fraction of sp³-hybridized carbons (Fsp3) is 0.208. The van der Waals surface area contributed by atoms with Crippen LogP contribution in [0.25, 0.3) is 6.08 Å². The Kier molecular flexibility index (Phi) is 7.72. The van der Waals surface area contributed by atoms with Crippen molar-refractivity contribution in [3.8, 4) is 5.75 Å². The second-order valence-electron chi connectivity index (χ2n) is 7.38. The smallest absolute Gasteiger partial charge is 0.259 e. The summed E-state index contributed by atoms with van der Waals surface area (Å²) in [4.78, 5) is 25.8. The number of ether oxygens (including phenoxy) is 1. The van der Waals surface area contributed by atoms with Crippen LogP contribution < -0.4 is 4.74 Å². The number of likely N-dealkylation sites (N-methyl/N-ethyl adjacent to an activating group) is 1. The zero-order valence-electron chi connectivity index (χ0n) is 18.0. The highest BCUT2D eigenvalue weighted by molar-refractivity contribution is 6.31. The minimum Gasteiger partial charge on any atom is -0.484 e. The van der Waals surface area contributed by atoms with E-state index >= 15 is 0 Å². The average Bonchev–Trinajstić information content (AvgIpc) is 3.04. The van der Waals surface area contributed by atoms with Crippen LogP contribution >= 0.6 is 23.2 Å². The fourth-order valence-electron chi connectivity index (χ4n) is 2.89. The molecule has 3 aromatic rings. The summed E-state index contributed by atoms with van der Waals surface area (Å²) in [6.45, 7) is 2.23. The number of ketones is 1. The summed E-state index contributed by atoms with van der Waals surface area (Å²) in [5.41, 5.74) is 2.85. The van der Waals surface area contributed by atoms with Gasteiger partial charge in [-0.05, 0) is 48.9 Å². The lowest BCUT2D eigenvalue weighted by Gasteiger charge is -2.11. The minimum absolute atomic E-state index is 0.0951. The maximum absolute atomic E-state index is 12.7. The summed E-state index contributed by atoms with van der Waals surface area (Å²) in [5.74, 6) is 0.0714. The van der Waals surface area contributed by atoms with E-state index in [-0.39, 0.29) is 18.3 Å². The van der Waals surface area contributed by atoms with Crippen molar-refractivity contribution in [3.63, 3.8) is 0 Å². The molecule has 3 rings (SSSR count). The molecule has 0 aliphatic heterocycles. The molecule has 0 atom stereocenters. The number of aromatic nitrogens is 2. The topological polar surface area (TPSA) is 64.4 Å². The Morgan fingerprint density at radius 2 is 1.84 bits per heavy atom. The van der Waals surface area contributed by atoms with Crippen LogP contribution in [0.15, 0.2) is 54.6 Å². The number of nitrogens with zero attached hydrogens (tertiary/aromatic N) is 3. The first kappa shape index (κ1) is 23.6. The van der Waals surface area contributed by atoms with Crippen LogP contribution in [0.3, 0.4) is 0 Å². The monoisotopic (exact) mass is 471 g/mol. The van der Waals surface area contributed by atoms with E-state index in [1.165, 1.54) is 11.0 Å². The first-order valence-corrected chi connectivity index (χ1v) is 10.6. The number of aryl methyl sites for hydroxylation is 1. The van der Waals surface area contributed by atoms with Crippen molar-refractivity contribution in [3.05, 3.63) is 87.2 Å². The molecule has 2 aromatic carbocycles. The summed E-state index contributed by atoms with van der Waals surface area (Å²) in [6.07, 6.45) is 3.11. The predicted octanol–water partition coefficient (Wildman–Crippen LogP) is 4.91. The number of amides is 1. The molecule has 166 valence electrons. The molecule has 0 N–H and O–H groups in total. The van der Waals surface area contributed by atoms with Crippen LogP contribution in [0.2, 0.25) is 10.2 Å². The molecule has 0 aliphatic carbocycles. The highest BCUT2D eigenvalue weighted by atomic mass is 35.5. The predicted molar refractivity (Wildman–Crippen MR) is 127 cm³/mol. The number of halogens is 2. The third kappa shape index (κ3) is 5.99. The lowest BCUT2D eigenvalue weighted by molar-refractivity contribution is -0.130. The second kappa shape index (κ2) is 10.5. The van der Waals surface area contributed by atoms with Crippen molar-refractivity contribution in [2.75, 3.05) is 20.7 Å². The molecule has 1 heterocycles. The van der Waals surface area contributed by atoms with Crippen LogP contribution in [-0.2, 0) is 11.3 Å². The van der Waals surface area contributed by atoms with Crippen molar-refractivity contribution in [1.82, 2.24) is 14.7 Å². The molecule has 0 aliphatic rings. The number of allylic oxidation sites excluding steroid dienone is 1.